The van der Waals surface area contributed by atoms with Gasteiger partial charge in [0.1, 0.15) is 6.10 Å². The topological polar surface area (TPSA) is 48.0 Å². The monoisotopic (exact) mass is 740 g/mol. The van der Waals surface area contributed by atoms with Crippen molar-refractivity contribution in [3.05, 3.63) is 48.6 Å². The third kappa shape index (κ3) is 25.2. The lowest BCUT2D eigenvalue weighted by Crippen LogP contribution is -2.33. The third-order valence-electron chi connectivity index (χ3n) is 10.9. The molecule has 0 spiro atoms. The molecule has 3 atom stereocenters. The summed E-state index contributed by atoms with van der Waals surface area (Å²) in [6.07, 6.45) is 53.9. The Morgan fingerprint density at radius 1 is 0.566 bits per heavy atom. The molecule has 0 N–H and O–H groups in total. The fraction of sp³-hybridized carbons (Fsp3) is 0.812. The molecule has 5 heteroatoms. The molecule has 0 bridgehead atoms. The molecular weight excluding hydrogens is 655 g/mol. The van der Waals surface area contributed by atoms with Crippen molar-refractivity contribution in [1.29, 1.82) is 0 Å². The Morgan fingerprint density at radius 3 is 1.38 bits per heavy atom. The maximum absolute atomic E-state index is 12.4. The Morgan fingerprint density at radius 2 is 0.962 bits per heavy atom. The van der Waals surface area contributed by atoms with E-state index in [4.69, 9.17) is 14.2 Å². The number of allylic oxidation sites excluding steroid dienone is 8. The fourth-order valence-electron chi connectivity index (χ4n) is 7.75. The average molecular weight is 740 g/mol. The van der Waals surface area contributed by atoms with Gasteiger partial charge in [-0.05, 0) is 104 Å². The number of unbranched alkanes of at least 4 members (excludes halogenated alkanes) is 18. The van der Waals surface area contributed by atoms with Crippen molar-refractivity contribution in [3.63, 3.8) is 0 Å². The smallest absolute Gasteiger partial charge is 0.306 e. The van der Waals surface area contributed by atoms with Crippen LogP contribution in [0.25, 0.3) is 0 Å². The lowest BCUT2D eigenvalue weighted by atomic mass is 9.98. The predicted octanol–water partition coefficient (Wildman–Crippen LogP) is 13.9. The van der Waals surface area contributed by atoms with Gasteiger partial charge in [0.2, 0.25) is 0 Å². The number of carbonyl (C=O) groups is 1. The Bertz CT molecular complexity index is 920. The highest BCUT2D eigenvalue weighted by atomic mass is 16.8. The van der Waals surface area contributed by atoms with Crippen LogP contribution in [0.5, 0.6) is 0 Å². The molecule has 1 aliphatic carbocycles. The molecule has 0 amide bonds. The summed E-state index contributed by atoms with van der Waals surface area (Å²) in [5, 5.41) is 0. The maximum Gasteiger partial charge on any atom is 0.306 e. The van der Waals surface area contributed by atoms with Crippen molar-refractivity contribution in [2.24, 2.45) is 0 Å². The second kappa shape index (κ2) is 32.5. The van der Waals surface area contributed by atoms with Crippen LogP contribution in [0.1, 0.15) is 206 Å². The van der Waals surface area contributed by atoms with Crippen molar-refractivity contribution < 1.29 is 19.0 Å². The average Bonchev–Trinajstić information content (AvgIpc) is 3.66. The van der Waals surface area contributed by atoms with Crippen molar-refractivity contribution in [2.45, 2.75) is 231 Å². The van der Waals surface area contributed by atoms with Gasteiger partial charge in [0.25, 0.3) is 0 Å². The summed E-state index contributed by atoms with van der Waals surface area (Å²) in [6, 6.07) is 0. The first-order valence-corrected chi connectivity index (χ1v) is 22.8. The molecule has 0 aromatic heterocycles. The van der Waals surface area contributed by atoms with Crippen LogP contribution in [0, 0.1) is 0 Å². The zero-order valence-corrected chi connectivity index (χ0v) is 35.4. The molecule has 1 saturated heterocycles. The quantitative estimate of drug-likeness (QED) is 0.0368. The number of carbonyl (C=O) groups excluding carboxylic acids is 1. The van der Waals surface area contributed by atoms with Gasteiger partial charge in [-0.25, -0.2) is 0 Å². The zero-order valence-electron chi connectivity index (χ0n) is 35.4. The van der Waals surface area contributed by atoms with E-state index < -0.39 is 5.79 Å². The van der Waals surface area contributed by atoms with Crippen LogP contribution < -0.4 is 0 Å². The first-order chi connectivity index (χ1) is 26.0. The van der Waals surface area contributed by atoms with Crippen LogP contribution in [-0.2, 0) is 19.0 Å². The van der Waals surface area contributed by atoms with Gasteiger partial charge in [-0.3, -0.25) is 4.79 Å². The van der Waals surface area contributed by atoms with Crippen molar-refractivity contribution in [2.75, 3.05) is 20.6 Å². The maximum atomic E-state index is 12.4. The van der Waals surface area contributed by atoms with Crippen LogP contribution in [-0.4, -0.2) is 55.6 Å². The highest BCUT2D eigenvalue weighted by Gasteiger charge is 2.52. The Kier molecular flexibility index (Phi) is 29.1. The summed E-state index contributed by atoms with van der Waals surface area (Å²) < 4.78 is 19.5. The first kappa shape index (κ1) is 47.5. The van der Waals surface area contributed by atoms with Crippen molar-refractivity contribution in [3.8, 4) is 0 Å². The Hall–Kier alpha value is -1.69. The SMILES string of the molecule is CCCCCC=CCC=CCCCCCCCCC1(CCCCCCCCC=CCC=CCCCCC)O[C@H]2CC(OC(=O)CCCN(C)C)C[C@H]2O1. The van der Waals surface area contributed by atoms with Gasteiger partial charge in [-0.2, -0.15) is 0 Å². The van der Waals surface area contributed by atoms with Crippen LogP contribution in [0.2, 0.25) is 0 Å². The molecule has 53 heavy (non-hydrogen) atoms. The van der Waals surface area contributed by atoms with E-state index >= 15 is 0 Å². The van der Waals surface area contributed by atoms with Gasteiger partial charge >= 0.3 is 5.97 Å². The number of ether oxygens (including phenoxy) is 3. The van der Waals surface area contributed by atoms with Gasteiger partial charge in [-0.15, -0.1) is 0 Å². The fourth-order valence-corrected chi connectivity index (χ4v) is 7.75. The number of hydrogen-bond acceptors (Lipinski definition) is 5. The molecule has 1 unspecified atom stereocenters. The minimum atomic E-state index is -0.444. The Labute approximate surface area is 328 Å². The van der Waals surface area contributed by atoms with E-state index in [1.165, 1.54) is 128 Å². The molecule has 1 saturated carbocycles. The summed E-state index contributed by atoms with van der Waals surface area (Å²) in [6.45, 7) is 5.43. The van der Waals surface area contributed by atoms with E-state index in [2.05, 4.69) is 67.4 Å². The van der Waals surface area contributed by atoms with Crippen LogP contribution >= 0.6 is 0 Å². The van der Waals surface area contributed by atoms with Gasteiger partial charge in [0, 0.05) is 32.1 Å². The van der Waals surface area contributed by atoms with E-state index in [1.807, 2.05) is 14.1 Å². The molecule has 2 rings (SSSR count). The molecule has 1 heterocycles. The summed E-state index contributed by atoms with van der Waals surface area (Å²) >= 11 is 0. The second-order valence-corrected chi connectivity index (χ2v) is 16.4. The summed E-state index contributed by atoms with van der Waals surface area (Å²) in [5.74, 6) is -0.522. The zero-order chi connectivity index (χ0) is 38.1. The lowest BCUT2D eigenvalue weighted by Gasteiger charge is -2.30. The Balaban J connectivity index is 1.65. The lowest BCUT2D eigenvalue weighted by molar-refractivity contribution is -0.196. The highest BCUT2D eigenvalue weighted by molar-refractivity contribution is 5.69. The number of rotatable bonds is 35. The molecule has 2 fully saturated rings. The molecule has 0 radical (unpaired) electrons. The largest absolute Gasteiger partial charge is 0.462 e. The summed E-state index contributed by atoms with van der Waals surface area (Å²) in [7, 11) is 4.08. The highest BCUT2D eigenvalue weighted by Crippen LogP contribution is 2.44. The van der Waals surface area contributed by atoms with Gasteiger partial charge < -0.3 is 19.1 Å². The van der Waals surface area contributed by atoms with Crippen molar-refractivity contribution >= 4 is 5.97 Å². The second-order valence-electron chi connectivity index (χ2n) is 16.4. The van der Waals surface area contributed by atoms with E-state index in [0.717, 1.165) is 64.3 Å². The molecule has 2 aliphatic rings. The number of nitrogens with zero attached hydrogens (tertiary/aromatic N) is 1. The summed E-state index contributed by atoms with van der Waals surface area (Å²) in [4.78, 5) is 14.6. The van der Waals surface area contributed by atoms with Gasteiger partial charge in [0.15, 0.2) is 5.79 Å². The van der Waals surface area contributed by atoms with E-state index in [-0.39, 0.29) is 24.3 Å². The molecular formula is C48H85NO4. The standard InChI is InChI=1S/C48H85NO4/c1-5-7-9-11-13-15-17-19-21-23-25-27-29-31-33-35-39-48(40-36-34-32-30-28-26-24-22-20-18-16-14-12-10-8-6-2)52-45-42-44(43-46(45)53-48)51-47(50)38-37-41-49(3)4/h13-16,19-22,44-46H,5-12,17-18,23-43H2,1-4H3/t44?,45-,46+,48?. The molecule has 1 aliphatic heterocycles. The summed E-state index contributed by atoms with van der Waals surface area (Å²) in [5.41, 5.74) is 0. The first-order valence-electron chi connectivity index (χ1n) is 22.8. The van der Waals surface area contributed by atoms with E-state index in [0.29, 0.717) is 6.42 Å². The minimum Gasteiger partial charge on any atom is -0.462 e. The predicted molar refractivity (Wildman–Crippen MR) is 227 cm³/mol. The number of hydrogen-bond donors (Lipinski definition) is 0. The number of esters is 1. The van der Waals surface area contributed by atoms with Gasteiger partial charge in [-0.1, -0.05) is 140 Å². The third-order valence-corrected chi connectivity index (χ3v) is 10.9. The van der Waals surface area contributed by atoms with Crippen LogP contribution in [0.15, 0.2) is 48.6 Å². The molecule has 306 valence electrons. The minimum absolute atomic E-state index is 0.0591. The molecule has 0 aromatic carbocycles. The van der Waals surface area contributed by atoms with Crippen LogP contribution in [0.4, 0.5) is 0 Å². The van der Waals surface area contributed by atoms with Gasteiger partial charge in [0.05, 0.1) is 12.2 Å². The van der Waals surface area contributed by atoms with E-state index in [1.54, 1.807) is 0 Å². The number of fused-ring (bicyclic) bond motifs is 1. The molecule has 0 aromatic rings. The van der Waals surface area contributed by atoms with Crippen LogP contribution in [0.3, 0.4) is 0 Å². The normalized spacial score (nSPS) is 21.8. The van der Waals surface area contributed by atoms with Crippen molar-refractivity contribution in [1.82, 2.24) is 4.90 Å². The molecule has 5 nitrogen and oxygen atoms in total. The van der Waals surface area contributed by atoms with E-state index in [9.17, 15) is 4.79 Å².